The smallest absolute Gasteiger partial charge is 0.0443 e. The molecule has 0 heteroatoms. The van der Waals surface area contributed by atoms with Crippen molar-refractivity contribution in [1.82, 2.24) is 0 Å². The molecule has 0 aromatic heterocycles. The summed E-state index contributed by atoms with van der Waals surface area (Å²) >= 11 is 0. The lowest BCUT2D eigenvalue weighted by Crippen LogP contribution is -1.95. The maximum Gasteiger partial charge on any atom is -0.0443 e. The Bertz CT molecular complexity index is 220. The van der Waals surface area contributed by atoms with Crippen molar-refractivity contribution < 1.29 is 0 Å². The Kier molecular flexibility index (Phi) is 22.0. The number of hydrogen-bond donors (Lipinski definition) is 0. The minimum Gasteiger partial charge on any atom is -0.0625 e. The highest BCUT2D eigenvalue weighted by atomic mass is 14.1. The van der Waals surface area contributed by atoms with Crippen LogP contribution in [0.25, 0.3) is 0 Å². The van der Waals surface area contributed by atoms with Crippen molar-refractivity contribution in [2.45, 2.75) is 142 Å². The largest absolute Gasteiger partial charge is 0.0625 e. The molecule has 0 bridgehead atoms. The fraction of sp³-hybridized carbons (Fsp3) is 0.920. The Morgan fingerprint density at radius 1 is 0.400 bits per heavy atom. The van der Waals surface area contributed by atoms with Crippen molar-refractivity contribution in [3.05, 3.63) is 13.8 Å². The Morgan fingerprint density at radius 3 is 0.920 bits per heavy atom. The number of hydrogen-bond acceptors (Lipinski definition) is 0. The second-order valence-corrected chi connectivity index (χ2v) is 8.40. The predicted molar refractivity (Wildman–Crippen MR) is 117 cm³/mol. The van der Waals surface area contributed by atoms with E-state index in [1.807, 2.05) is 0 Å². The molecule has 0 nitrogen and oxygen atoms in total. The summed E-state index contributed by atoms with van der Waals surface area (Å²) in [4.78, 5) is 0. The lowest BCUT2D eigenvalue weighted by Gasteiger charge is -2.11. The molecular weight excluding hydrogens is 300 g/mol. The minimum atomic E-state index is 0.958. The Morgan fingerprint density at radius 2 is 0.640 bits per heavy atom. The van der Waals surface area contributed by atoms with Crippen molar-refractivity contribution in [3.63, 3.8) is 0 Å². The van der Waals surface area contributed by atoms with E-state index in [0.29, 0.717) is 0 Å². The fourth-order valence-corrected chi connectivity index (χ4v) is 3.78. The van der Waals surface area contributed by atoms with Gasteiger partial charge in [0.1, 0.15) is 0 Å². The Balaban J connectivity index is 3.11. The van der Waals surface area contributed by atoms with E-state index in [2.05, 4.69) is 20.8 Å². The molecule has 0 rings (SSSR count). The van der Waals surface area contributed by atoms with Crippen LogP contribution in [0.3, 0.4) is 0 Å². The molecule has 0 fully saturated rings. The molecule has 2 radical (unpaired) electrons. The molecule has 0 spiro atoms. The van der Waals surface area contributed by atoms with Crippen LogP contribution in [-0.4, -0.2) is 0 Å². The van der Waals surface area contributed by atoms with Gasteiger partial charge in [0.15, 0.2) is 0 Å². The van der Waals surface area contributed by atoms with E-state index in [0.717, 1.165) is 18.8 Å². The summed E-state index contributed by atoms with van der Waals surface area (Å²) in [5.74, 6) is 0.958. The quantitative estimate of drug-likeness (QED) is 0.181. The first-order valence-electron chi connectivity index (χ1n) is 11.9. The molecule has 1 atom stereocenters. The molecule has 0 heterocycles. The fourth-order valence-electron chi connectivity index (χ4n) is 3.78. The molecule has 150 valence electrons. The van der Waals surface area contributed by atoms with E-state index in [4.69, 9.17) is 0 Å². The van der Waals surface area contributed by atoms with Gasteiger partial charge in [-0.1, -0.05) is 156 Å². The van der Waals surface area contributed by atoms with E-state index in [9.17, 15) is 0 Å². The van der Waals surface area contributed by atoms with E-state index < -0.39 is 0 Å². The highest BCUT2D eigenvalue weighted by Crippen LogP contribution is 2.19. The summed E-state index contributed by atoms with van der Waals surface area (Å²) in [6.45, 7) is 10.3. The SMILES string of the molecule is [CH2]CCCCCCCCCCCCC(C)CCCCCCCCC[CH2]. The topological polar surface area (TPSA) is 0 Å². The van der Waals surface area contributed by atoms with Gasteiger partial charge in [0.2, 0.25) is 0 Å². The predicted octanol–water partition coefficient (Wildman–Crippen LogP) is 9.48. The van der Waals surface area contributed by atoms with Crippen LogP contribution in [0.4, 0.5) is 0 Å². The van der Waals surface area contributed by atoms with Gasteiger partial charge >= 0.3 is 0 Å². The Hall–Kier alpha value is 0. The molecular formula is C25H50. The molecule has 0 saturated carbocycles. The van der Waals surface area contributed by atoms with Crippen LogP contribution >= 0.6 is 0 Å². The second kappa shape index (κ2) is 22.0. The number of rotatable bonds is 21. The van der Waals surface area contributed by atoms with Crippen LogP contribution in [-0.2, 0) is 0 Å². The van der Waals surface area contributed by atoms with Gasteiger partial charge in [-0.3, -0.25) is 0 Å². The van der Waals surface area contributed by atoms with Crippen LogP contribution in [0.2, 0.25) is 0 Å². The molecule has 25 heavy (non-hydrogen) atoms. The standard InChI is InChI=1S/C25H50/c1-4-6-8-10-12-14-15-16-18-20-22-24-25(3)23-21-19-17-13-11-9-7-5-2/h25H,1-2,4-24H2,3H3. The first-order chi connectivity index (χ1) is 12.3. The van der Waals surface area contributed by atoms with Gasteiger partial charge in [-0.2, -0.15) is 0 Å². The van der Waals surface area contributed by atoms with E-state index >= 15 is 0 Å². The van der Waals surface area contributed by atoms with Crippen molar-refractivity contribution in [1.29, 1.82) is 0 Å². The second-order valence-electron chi connectivity index (χ2n) is 8.40. The molecule has 0 aliphatic heterocycles. The van der Waals surface area contributed by atoms with Gasteiger partial charge in [-0.05, 0) is 5.92 Å². The lowest BCUT2D eigenvalue weighted by atomic mass is 9.95. The average molecular weight is 351 g/mol. The zero-order valence-electron chi connectivity index (χ0n) is 17.8. The summed E-state index contributed by atoms with van der Waals surface area (Å²) in [7, 11) is 0. The van der Waals surface area contributed by atoms with Gasteiger partial charge in [-0.25, -0.2) is 0 Å². The number of unbranched alkanes of at least 4 members (excludes halogenated alkanes) is 17. The van der Waals surface area contributed by atoms with Gasteiger partial charge in [0.25, 0.3) is 0 Å². The minimum absolute atomic E-state index is 0.958. The van der Waals surface area contributed by atoms with Gasteiger partial charge < -0.3 is 0 Å². The van der Waals surface area contributed by atoms with Crippen molar-refractivity contribution in [2.24, 2.45) is 5.92 Å². The van der Waals surface area contributed by atoms with E-state index in [-0.39, 0.29) is 0 Å². The zero-order chi connectivity index (χ0) is 18.4. The highest BCUT2D eigenvalue weighted by molar-refractivity contribution is 4.56. The average Bonchev–Trinajstić information content (AvgIpc) is 2.62. The molecule has 0 aliphatic rings. The van der Waals surface area contributed by atoms with Crippen LogP contribution in [0.5, 0.6) is 0 Å². The first-order valence-corrected chi connectivity index (χ1v) is 11.9. The van der Waals surface area contributed by atoms with Gasteiger partial charge in [-0.15, -0.1) is 0 Å². The van der Waals surface area contributed by atoms with Crippen LogP contribution in [0, 0.1) is 19.8 Å². The highest BCUT2D eigenvalue weighted by Gasteiger charge is 2.02. The summed E-state index contributed by atoms with van der Waals surface area (Å²) in [6, 6.07) is 0. The summed E-state index contributed by atoms with van der Waals surface area (Å²) in [5, 5.41) is 0. The molecule has 0 aromatic carbocycles. The van der Waals surface area contributed by atoms with E-state index in [1.165, 1.54) is 122 Å². The van der Waals surface area contributed by atoms with Crippen molar-refractivity contribution in [3.8, 4) is 0 Å². The van der Waals surface area contributed by atoms with Gasteiger partial charge in [0.05, 0.1) is 0 Å². The van der Waals surface area contributed by atoms with Crippen LogP contribution in [0.1, 0.15) is 142 Å². The van der Waals surface area contributed by atoms with Crippen LogP contribution < -0.4 is 0 Å². The molecule has 0 N–H and O–H groups in total. The van der Waals surface area contributed by atoms with Crippen molar-refractivity contribution in [2.75, 3.05) is 0 Å². The third kappa shape index (κ3) is 22.0. The third-order valence-electron chi connectivity index (χ3n) is 5.64. The molecule has 0 aliphatic carbocycles. The summed E-state index contributed by atoms with van der Waals surface area (Å²) < 4.78 is 0. The Labute approximate surface area is 161 Å². The van der Waals surface area contributed by atoms with Crippen molar-refractivity contribution >= 4 is 0 Å². The van der Waals surface area contributed by atoms with Gasteiger partial charge in [0, 0.05) is 0 Å². The zero-order valence-corrected chi connectivity index (χ0v) is 17.8. The summed E-state index contributed by atoms with van der Waals surface area (Å²) in [6.07, 6.45) is 29.6. The molecule has 0 amide bonds. The third-order valence-corrected chi connectivity index (χ3v) is 5.64. The molecule has 1 unspecified atom stereocenters. The maximum atomic E-state index is 3.91. The normalized spacial score (nSPS) is 12.6. The maximum absolute atomic E-state index is 3.91. The van der Waals surface area contributed by atoms with E-state index in [1.54, 1.807) is 0 Å². The molecule has 0 saturated heterocycles. The molecule has 0 aromatic rings. The van der Waals surface area contributed by atoms with Crippen LogP contribution in [0.15, 0.2) is 0 Å². The first kappa shape index (κ1) is 25.0. The summed E-state index contributed by atoms with van der Waals surface area (Å²) in [5.41, 5.74) is 0. The monoisotopic (exact) mass is 350 g/mol. The lowest BCUT2D eigenvalue weighted by molar-refractivity contribution is 0.430.